The van der Waals surface area contributed by atoms with E-state index in [-0.39, 0.29) is 0 Å². The zero-order valence-electron chi connectivity index (χ0n) is 11.9. The van der Waals surface area contributed by atoms with Gasteiger partial charge in [-0.15, -0.1) is 11.3 Å². The quantitative estimate of drug-likeness (QED) is 0.781. The van der Waals surface area contributed by atoms with Crippen molar-refractivity contribution in [1.29, 1.82) is 0 Å². The minimum atomic E-state index is 0.810. The Morgan fingerprint density at radius 2 is 2.00 bits per heavy atom. The van der Waals surface area contributed by atoms with Crippen molar-refractivity contribution in [1.82, 2.24) is 9.97 Å². The maximum atomic E-state index is 4.47. The Labute approximate surface area is 122 Å². The van der Waals surface area contributed by atoms with Gasteiger partial charge in [0.25, 0.3) is 0 Å². The number of thiazole rings is 1. The molecule has 0 saturated heterocycles. The molecule has 4 heteroatoms. The lowest BCUT2D eigenvalue weighted by molar-refractivity contribution is 1.11. The summed E-state index contributed by atoms with van der Waals surface area (Å²) in [5.74, 6) is 0. The smallest absolute Gasteiger partial charge is 0.0900 e. The highest BCUT2D eigenvalue weighted by Gasteiger charge is 2.07. The monoisotopic (exact) mass is 283 g/mol. The molecule has 0 spiro atoms. The lowest BCUT2D eigenvalue weighted by Crippen LogP contribution is -2.00. The van der Waals surface area contributed by atoms with E-state index in [1.165, 1.54) is 15.8 Å². The van der Waals surface area contributed by atoms with E-state index in [4.69, 9.17) is 0 Å². The van der Waals surface area contributed by atoms with Crippen LogP contribution in [0.15, 0.2) is 30.5 Å². The van der Waals surface area contributed by atoms with Crippen LogP contribution in [0.4, 0.5) is 5.69 Å². The van der Waals surface area contributed by atoms with E-state index in [9.17, 15) is 0 Å². The molecule has 0 atom stereocenters. The van der Waals surface area contributed by atoms with Gasteiger partial charge in [0.15, 0.2) is 0 Å². The van der Waals surface area contributed by atoms with Gasteiger partial charge >= 0.3 is 0 Å². The summed E-state index contributed by atoms with van der Waals surface area (Å²) in [6.45, 7) is 7.02. The van der Waals surface area contributed by atoms with Gasteiger partial charge in [-0.3, -0.25) is 4.98 Å². The number of nitrogens with zero attached hydrogens (tertiary/aromatic N) is 2. The van der Waals surface area contributed by atoms with Crippen molar-refractivity contribution in [3.05, 3.63) is 51.6 Å². The zero-order chi connectivity index (χ0) is 14.1. The lowest BCUT2D eigenvalue weighted by Gasteiger charge is -2.10. The summed E-state index contributed by atoms with van der Waals surface area (Å²) in [5, 5.41) is 5.81. The second-order valence-corrected chi connectivity index (χ2v) is 6.21. The molecule has 3 rings (SSSR count). The number of pyridine rings is 1. The van der Waals surface area contributed by atoms with E-state index in [2.05, 4.69) is 47.3 Å². The Hall–Kier alpha value is -1.94. The van der Waals surface area contributed by atoms with Crippen LogP contribution in [0.25, 0.3) is 10.9 Å². The largest absolute Gasteiger partial charge is 0.380 e. The third-order valence-corrected chi connectivity index (χ3v) is 4.48. The molecule has 3 aromatic rings. The molecule has 0 aliphatic carbocycles. The molecule has 0 aliphatic rings. The normalized spacial score (nSPS) is 10.9. The first-order chi connectivity index (χ1) is 9.65. The van der Waals surface area contributed by atoms with Crippen LogP contribution in [-0.2, 0) is 6.54 Å². The van der Waals surface area contributed by atoms with Crippen molar-refractivity contribution in [3.63, 3.8) is 0 Å². The number of aromatic nitrogens is 2. The van der Waals surface area contributed by atoms with Crippen LogP contribution in [0, 0.1) is 20.8 Å². The van der Waals surface area contributed by atoms with Crippen molar-refractivity contribution in [2.24, 2.45) is 0 Å². The van der Waals surface area contributed by atoms with Gasteiger partial charge in [0.1, 0.15) is 0 Å². The zero-order valence-corrected chi connectivity index (χ0v) is 12.7. The van der Waals surface area contributed by atoms with Crippen LogP contribution in [0.5, 0.6) is 0 Å². The van der Waals surface area contributed by atoms with E-state index in [0.717, 1.165) is 28.5 Å². The van der Waals surface area contributed by atoms with Crippen molar-refractivity contribution >= 4 is 27.9 Å². The predicted molar refractivity (Wildman–Crippen MR) is 85.4 cm³/mol. The summed E-state index contributed by atoms with van der Waals surface area (Å²) in [6.07, 6.45) is 1.84. The molecule has 0 amide bonds. The van der Waals surface area contributed by atoms with Crippen LogP contribution in [-0.4, -0.2) is 9.97 Å². The highest BCUT2D eigenvalue weighted by Crippen LogP contribution is 2.26. The van der Waals surface area contributed by atoms with Gasteiger partial charge in [-0.05, 0) is 44.5 Å². The molecule has 1 aromatic carbocycles. The number of fused-ring (bicyclic) bond motifs is 1. The summed E-state index contributed by atoms with van der Waals surface area (Å²) < 4.78 is 0. The van der Waals surface area contributed by atoms with E-state index in [1.54, 1.807) is 11.3 Å². The first-order valence-electron chi connectivity index (χ1n) is 6.66. The third kappa shape index (κ3) is 2.39. The van der Waals surface area contributed by atoms with Gasteiger partial charge in [-0.2, -0.15) is 0 Å². The summed E-state index contributed by atoms with van der Waals surface area (Å²) in [7, 11) is 0. The fourth-order valence-corrected chi connectivity index (χ4v) is 3.26. The Morgan fingerprint density at radius 3 is 2.75 bits per heavy atom. The number of aryl methyl sites for hydroxylation is 3. The van der Waals surface area contributed by atoms with Crippen molar-refractivity contribution in [3.8, 4) is 0 Å². The van der Waals surface area contributed by atoms with Gasteiger partial charge in [-0.25, -0.2) is 4.98 Å². The van der Waals surface area contributed by atoms with Gasteiger partial charge in [0, 0.05) is 22.1 Å². The van der Waals surface area contributed by atoms with Crippen molar-refractivity contribution in [2.75, 3.05) is 5.32 Å². The second kappa shape index (κ2) is 5.21. The highest BCUT2D eigenvalue weighted by molar-refractivity contribution is 7.11. The summed E-state index contributed by atoms with van der Waals surface area (Å²) >= 11 is 1.75. The number of benzene rings is 1. The first kappa shape index (κ1) is 13.1. The molecule has 20 heavy (non-hydrogen) atoms. The maximum absolute atomic E-state index is 4.47. The number of nitrogens with one attached hydrogen (secondary N) is 1. The fraction of sp³-hybridized carbons (Fsp3) is 0.250. The SMILES string of the molecule is Cc1nc(C)c(CNc2ccc(C)c3ncccc23)s1. The highest BCUT2D eigenvalue weighted by atomic mass is 32.1. The average Bonchev–Trinajstić information content (AvgIpc) is 2.77. The van der Waals surface area contributed by atoms with E-state index >= 15 is 0 Å². The molecule has 0 fully saturated rings. The van der Waals surface area contributed by atoms with Crippen molar-refractivity contribution < 1.29 is 0 Å². The molecule has 0 aliphatic heterocycles. The Kier molecular flexibility index (Phi) is 3.40. The molecular formula is C16H17N3S. The Balaban J connectivity index is 1.92. The van der Waals surface area contributed by atoms with Gasteiger partial charge in [-0.1, -0.05) is 6.07 Å². The second-order valence-electron chi connectivity index (χ2n) is 4.92. The standard InChI is InChI=1S/C16H17N3S/c1-10-6-7-14(13-5-4-8-17-16(10)13)18-9-15-11(2)19-12(3)20-15/h4-8,18H,9H2,1-3H3. The maximum Gasteiger partial charge on any atom is 0.0900 e. The minimum Gasteiger partial charge on any atom is -0.380 e. The number of anilines is 1. The number of rotatable bonds is 3. The van der Waals surface area contributed by atoms with Gasteiger partial charge < -0.3 is 5.32 Å². The summed E-state index contributed by atoms with van der Waals surface area (Å²) in [6, 6.07) is 8.34. The van der Waals surface area contributed by atoms with Crippen LogP contribution in [0.3, 0.4) is 0 Å². The molecule has 102 valence electrons. The molecule has 2 aromatic heterocycles. The Bertz CT molecular complexity index is 762. The van der Waals surface area contributed by atoms with Crippen LogP contribution >= 0.6 is 11.3 Å². The number of hydrogen-bond donors (Lipinski definition) is 1. The molecule has 0 radical (unpaired) electrons. The molecule has 0 unspecified atom stereocenters. The predicted octanol–water partition coefficient (Wildman–Crippen LogP) is 4.23. The van der Waals surface area contributed by atoms with Crippen molar-refractivity contribution in [2.45, 2.75) is 27.3 Å². The topological polar surface area (TPSA) is 37.8 Å². The minimum absolute atomic E-state index is 0.810. The van der Waals surface area contributed by atoms with Crippen LogP contribution in [0.2, 0.25) is 0 Å². The van der Waals surface area contributed by atoms with E-state index in [0.29, 0.717) is 0 Å². The number of hydrogen-bond acceptors (Lipinski definition) is 4. The molecule has 3 nitrogen and oxygen atoms in total. The molecular weight excluding hydrogens is 266 g/mol. The van der Waals surface area contributed by atoms with Gasteiger partial charge in [0.05, 0.1) is 22.8 Å². The van der Waals surface area contributed by atoms with E-state index < -0.39 is 0 Å². The van der Waals surface area contributed by atoms with Gasteiger partial charge in [0.2, 0.25) is 0 Å². The molecule has 2 heterocycles. The fourth-order valence-electron chi connectivity index (χ4n) is 2.38. The molecule has 1 N–H and O–H groups in total. The van der Waals surface area contributed by atoms with Crippen LogP contribution < -0.4 is 5.32 Å². The van der Waals surface area contributed by atoms with E-state index in [1.807, 2.05) is 19.2 Å². The lowest BCUT2D eigenvalue weighted by atomic mass is 10.1. The summed E-state index contributed by atoms with van der Waals surface area (Å²) in [4.78, 5) is 10.2. The van der Waals surface area contributed by atoms with Crippen LogP contribution in [0.1, 0.15) is 21.1 Å². The summed E-state index contributed by atoms with van der Waals surface area (Å²) in [5.41, 5.74) is 4.52. The molecule has 0 saturated carbocycles. The average molecular weight is 283 g/mol. The Morgan fingerprint density at radius 1 is 1.15 bits per heavy atom. The molecule has 0 bridgehead atoms. The first-order valence-corrected chi connectivity index (χ1v) is 7.48. The third-order valence-electron chi connectivity index (χ3n) is 3.41.